The van der Waals surface area contributed by atoms with Gasteiger partial charge in [0.2, 0.25) is 5.91 Å². The molecule has 0 fully saturated rings. The van der Waals surface area contributed by atoms with Gasteiger partial charge >= 0.3 is 0 Å². The molecule has 0 aliphatic carbocycles. The molecule has 0 radical (unpaired) electrons. The number of carbonyl (C=O) groups is 1. The minimum Gasteiger partial charge on any atom is -0.325 e. The molecule has 0 bridgehead atoms. The minimum absolute atomic E-state index is 0.0270. The molecule has 0 aromatic heterocycles. The first-order valence-corrected chi connectivity index (χ1v) is 4.61. The van der Waals surface area contributed by atoms with Gasteiger partial charge in [0.05, 0.1) is 11.4 Å². The van der Waals surface area contributed by atoms with Crippen LogP contribution in [0.15, 0.2) is 16.6 Å². The number of benzene rings is 1. The largest absolute Gasteiger partial charge is 0.325 e. The number of hydrogen-bond donors (Lipinski definition) is 1. The predicted molar refractivity (Wildman–Crippen MR) is 51.5 cm³/mol. The number of halogens is 2. The quantitative estimate of drug-likeness (QED) is 0.749. The Labute approximate surface area is 83.0 Å². The van der Waals surface area contributed by atoms with Gasteiger partial charge in [0.15, 0.2) is 0 Å². The smallest absolute Gasteiger partial charge is 0.228 e. The van der Waals surface area contributed by atoms with Crippen molar-refractivity contribution in [1.29, 1.82) is 0 Å². The lowest BCUT2D eigenvalue weighted by Gasteiger charge is -2.00. The molecular formula is C8H5BrClNO. The summed E-state index contributed by atoms with van der Waals surface area (Å²) in [6.45, 7) is 0. The van der Waals surface area contributed by atoms with E-state index in [1.807, 2.05) is 6.07 Å². The normalized spacial score (nSPS) is 14.3. The van der Waals surface area contributed by atoms with E-state index in [9.17, 15) is 4.79 Å². The van der Waals surface area contributed by atoms with Crippen LogP contribution in [0.4, 0.5) is 5.69 Å². The third kappa shape index (κ3) is 1.23. The van der Waals surface area contributed by atoms with Crippen molar-refractivity contribution in [2.24, 2.45) is 0 Å². The molecule has 1 aromatic rings. The van der Waals surface area contributed by atoms with Crippen LogP contribution in [-0.2, 0) is 11.2 Å². The molecule has 1 amide bonds. The summed E-state index contributed by atoms with van der Waals surface area (Å²) >= 11 is 9.14. The van der Waals surface area contributed by atoms with E-state index in [2.05, 4.69) is 21.2 Å². The summed E-state index contributed by atoms with van der Waals surface area (Å²) in [5, 5.41) is 3.38. The lowest BCUT2D eigenvalue weighted by Crippen LogP contribution is -2.03. The Morgan fingerprint density at radius 1 is 1.50 bits per heavy atom. The third-order valence-corrected chi connectivity index (χ3v) is 2.97. The van der Waals surface area contributed by atoms with Gasteiger partial charge in [-0.05, 0) is 33.6 Å². The topological polar surface area (TPSA) is 29.1 Å². The molecule has 1 aromatic carbocycles. The second-order valence-electron chi connectivity index (χ2n) is 2.65. The maximum absolute atomic E-state index is 11.0. The van der Waals surface area contributed by atoms with Crippen LogP contribution in [0.3, 0.4) is 0 Å². The Morgan fingerprint density at radius 2 is 2.25 bits per heavy atom. The molecule has 0 unspecified atom stereocenters. The van der Waals surface area contributed by atoms with Crippen molar-refractivity contribution in [3.05, 3.63) is 27.2 Å². The number of anilines is 1. The maximum atomic E-state index is 11.0. The fourth-order valence-corrected chi connectivity index (χ4v) is 1.75. The fraction of sp³-hybridized carbons (Fsp3) is 0.125. The van der Waals surface area contributed by atoms with Crippen molar-refractivity contribution in [1.82, 2.24) is 0 Å². The summed E-state index contributed by atoms with van der Waals surface area (Å²) in [5.41, 5.74) is 1.82. The van der Waals surface area contributed by atoms with E-state index in [1.165, 1.54) is 0 Å². The summed E-state index contributed by atoms with van der Waals surface area (Å²) < 4.78 is 0.810. The van der Waals surface area contributed by atoms with Crippen LogP contribution >= 0.6 is 27.5 Å². The molecule has 2 nitrogen and oxygen atoms in total. The molecule has 1 aliphatic heterocycles. The highest BCUT2D eigenvalue weighted by molar-refractivity contribution is 9.10. The van der Waals surface area contributed by atoms with Gasteiger partial charge in [-0.1, -0.05) is 11.6 Å². The van der Waals surface area contributed by atoms with Crippen molar-refractivity contribution < 1.29 is 4.79 Å². The van der Waals surface area contributed by atoms with E-state index >= 15 is 0 Å². The molecule has 2 rings (SSSR count). The van der Waals surface area contributed by atoms with Crippen LogP contribution in [-0.4, -0.2) is 5.91 Å². The Bertz CT molecular complexity index is 331. The van der Waals surface area contributed by atoms with Crippen molar-refractivity contribution in [3.8, 4) is 0 Å². The van der Waals surface area contributed by atoms with Crippen molar-refractivity contribution in [2.45, 2.75) is 6.42 Å². The molecule has 4 heteroatoms. The van der Waals surface area contributed by atoms with Crippen LogP contribution in [0.5, 0.6) is 0 Å². The van der Waals surface area contributed by atoms with Crippen LogP contribution in [0, 0.1) is 0 Å². The summed E-state index contributed by atoms with van der Waals surface area (Å²) in [6, 6.07) is 3.63. The highest BCUT2D eigenvalue weighted by Gasteiger charge is 2.18. The molecule has 62 valence electrons. The first-order chi connectivity index (χ1) is 5.66. The van der Waals surface area contributed by atoms with Crippen LogP contribution in [0.25, 0.3) is 0 Å². The number of fused-ring (bicyclic) bond motifs is 1. The molecule has 0 saturated heterocycles. The van der Waals surface area contributed by atoms with Crippen LogP contribution in [0.2, 0.25) is 5.02 Å². The van der Waals surface area contributed by atoms with Gasteiger partial charge in [0.1, 0.15) is 0 Å². The van der Waals surface area contributed by atoms with Gasteiger partial charge in [0.25, 0.3) is 0 Å². The van der Waals surface area contributed by atoms with Crippen molar-refractivity contribution >= 4 is 39.1 Å². The maximum Gasteiger partial charge on any atom is 0.228 e. The van der Waals surface area contributed by atoms with Gasteiger partial charge in [-0.25, -0.2) is 0 Å². The zero-order valence-electron chi connectivity index (χ0n) is 6.03. The van der Waals surface area contributed by atoms with Gasteiger partial charge in [-0.2, -0.15) is 0 Å². The second kappa shape index (κ2) is 2.75. The summed E-state index contributed by atoms with van der Waals surface area (Å²) in [5.74, 6) is 0.0270. The summed E-state index contributed by atoms with van der Waals surface area (Å²) in [4.78, 5) is 11.0. The number of carbonyl (C=O) groups excluding carboxylic acids is 1. The van der Waals surface area contributed by atoms with Crippen molar-refractivity contribution in [2.75, 3.05) is 5.32 Å². The Balaban J connectivity index is 2.55. The van der Waals surface area contributed by atoms with Crippen molar-refractivity contribution in [3.63, 3.8) is 0 Å². The summed E-state index contributed by atoms with van der Waals surface area (Å²) in [7, 11) is 0. The SMILES string of the molecule is O=C1Cc2cc(Cl)c(Br)cc2N1. The number of nitrogens with one attached hydrogen (secondary N) is 1. The molecule has 12 heavy (non-hydrogen) atoms. The fourth-order valence-electron chi connectivity index (χ4n) is 1.22. The standard InChI is InChI=1S/C8H5BrClNO/c9-5-3-7-4(1-6(5)10)2-8(12)11-7/h1,3H,2H2,(H,11,12). The van der Waals surface area contributed by atoms with E-state index < -0.39 is 0 Å². The molecule has 1 heterocycles. The Hall–Kier alpha value is -0.540. The Kier molecular flexibility index (Phi) is 1.85. The van der Waals surface area contributed by atoms with E-state index in [4.69, 9.17) is 11.6 Å². The van der Waals surface area contributed by atoms with Crippen LogP contribution < -0.4 is 5.32 Å². The van der Waals surface area contributed by atoms with Gasteiger partial charge in [-0.3, -0.25) is 4.79 Å². The first kappa shape index (κ1) is 8.08. The predicted octanol–water partition coefficient (Wildman–Crippen LogP) is 2.60. The second-order valence-corrected chi connectivity index (χ2v) is 3.91. The van der Waals surface area contributed by atoms with Crippen LogP contribution in [0.1, 0.15) is 5.56 Å². The van der Waals surface area contributed by atoms with Gasteiger partial charge in [0, 0.05) is 10.2 Å². The molecule has 1 aliphatic rings. The third-order valence-electron chi connectivity index (χ3n) is 1.77. The molecular weight excluding hydrogens is 241 g/mol. The van der Waals surface area contributed by atoms with E-state index in [0.717, 1.165) is 15.7 Å². The number of amides is 1. The van der Waals surface area contributed by atoms with E-state index in [1.54, 1.807) is 6.07 Å². The molecule has 0 spiro atoms. The first-order valence-electron chi connectivity index (χ1n) is 3.44. The lowest BCUT2D eigenvalue weighted by atomic mass is 10.2. The highest BCUT2D eigenvalue weighted by atomic mass is 79.9. The lowest BCUT2D eigenvalue weighted by molar-refractivity contribution is -0.115. The number of hydrogen-bond acceptors (Lipinski definition) is 1. The highest BCUT2D eigenvalue weighted by Crippen LogP contribution is 2.32. The van der Waals surface area contributed by atoms with E-state index in [0.29, 0.717) is 11.4 Å². The zero-order chi connectivity index (χ0) is 8.72. The zero-order valence-corrected chi connectivity index (χ0v) is 8.37. The van der Waals surface area contributed by atoms with Gasteiger partial charge in [-0.15, -0.1) is 0 Å². The minimum atomic E-state index is 0.0270. The average Bonchev–Trinajstić information content (AvgIpc) is 2.30. The molecule has 0 saturated carbocycles. The summed E-state index contributed by atoms with van der Waals surface area (Å²) in [6.07, 6.45) is 0.433. The Morgan fingerprint density at radius 3 is 3.00 bits per heavy atom. The van der Waals surface area contributed by atoms with Gasteiger partial charge < -0.3 is 5.32 Å². The average molecular weight is 246 g/mol. The van der Waals surface area contributed by atoms with E-state index in [-0.39, 0.29) is 5.91 Å². The monoisotopic (exact) mass is 245 g/mol. The molecule has 1 N–H and O–H groups in total. The molecule has 0 atom stereocenters. The number of rotatable bonds is 0.